The van der Waals surface area contributed by atoms with Crippen LogP contribution in [0.4, 0.5) is 0 Å². The fourth-order valence-corrected chi connectivity index (χ4v) is 3.20. The first-order valence-electron chi connectivity index (χ1n) is 7.71. The Kier molecular flexibility index (Phi) is 4.55. The number of carbonyl (C=O) groups is 2. The van der Waals surface area contributed by atoms with Gasteiger partial charge in [-0.2, -0.15) is 0 Å². The average molecular weight is 292 g/mol. The molecule has 0 aromatic heterocycles. The van der Waals surface area contributed by atoms with Gasteiger partial charge >= 0.3 is 11.9 Å². The maximum absolute atomic E-state index is 12.3. The molecule has 0 aliphatic heterocycles. The summed E-state index contributed by atoms with van der Waals surface area (Å²) < 4.78 is 10.5. The molecule has 2 atom stereocenters. The number of esters is 2. The molecule has 0 aromatic rings. The minimum atomic E-state index is -0.370. The van der Waals surface area contributed by atoms with E-state index in [4.69, 9.17) is 9.47 Å². The molecule has 4 heteroatoms. The highest BCUT2D eigenvalue weighted by Crippen LogP contribution is 2.56. The van der Waals surface area contributed by atoms with Crippen LogP contribution >= 0.6 is 0 Å². The van der Waals surface area contributed by atoms with Gasteiger partial charge in [0.05, 0.1) is 24.4 Å². The summed E-state index contributed by atoms with van der Waals surface area (Å²) in [7, 11) is 0. The van der Waals surface area contributed by atoms with Gasteiger partial charge in [-0.1, -0.05) is 39.8 Å². The number of carbonyl (C=O) groups excluding carboxylic acids is 2. The summed E-state index contributed by atoms with van der Waals surface area (Å²) in [6, 6.07) is 0. The van der Waals surface area contributed by atoms with Crippen LogP contribution in [0.3, 0.4) is 0 Å². The number of fused-ring (bicyclic) bond motifs is 2. The first-order valence-corrected chi connectivity index (χ1v) is 7.71. The lowest BCUT2D eigenvalue weighted by molar-refractivity contribution is -0.142. The first-order chi connectivity index (χ1) is 9.95. The van der Waals surface area contributed by atoms with Crippen LogP contribution in [0.5, 0.6) is 0 Å². The third-order valence-corrected chi connectivity index (χ3v) is 4.33. The van der Waals surface area contributed by atoms with Crippen molar-refractivity contribution in [1.29, 1.82) is 0 Å². The van der Waals surface area contributed by atoms with Gasteiger partial charge in [-0.25, -0.2) is 9.59 Å². The van der Waals surface area contributed by atoms with E-state index >= 15 is 0 Å². The molecule has 0 spiro atoms. The van der Waals surface area contributed by atoms with E-state index < -0.39 is 0 Å². The molecule has 0 saturated carbocycles. The molecule has 4 nitrogen and oxygen atoms in total. The van der Waals surface area contributed by atoms with Gasteiger partial charge in [0.25, 0.3) is 0 Å². The molecule has 116 valence electrons. The Morgan fingerprint density at radius 2 is 1.33 bits per heavy atom. The fourth-order valence-electron chi connectivity index (χ4n) is 3.20. The van der Waals surface area contributed by atoms with Crippen LogP contribution in [-0.4, -0.2) is 25.2 Å². The Morgan fingerprint density at radius 3 is 1.67 bits per heavy atom. The number of hydrogen-bond acceptors (Lipinski definition) is 4. The van der Waals surface area contributed by atoms with Gasteiger partial charge in [0, 0.05) is 11.8 Å². The van der Waals surface area contributed by atoms with Crippen LogP contribution in [-0.2, 0) is 19.1 Å². The minimum absolute atomic E-state index is 0.0592. The molecule has 2 rings (SSSR count). The number of allylic oxidation sites excluding steroid dienone is 2. The molecule has 2 aliphatic rings. The van der Waals surface area contributed by atoms with Crippen molar-refractivity contribution in [1.82, 2.24) is 0 Å². The number of rotatable bonds is 6. The zero-order valence-electron chi connectivity index (χ0n) is 13.3. The molecule has 0 N–H and O–H groups in total. The summed E-state index contributed by atoms with van der Waals surface area (Å²) in [4.78, 5) is 24.7. The lowest BCUT2D eigenvalue weighted by atomic mass is 9.77. The van der Waals surface area contributed by atoms with Crippen molar-refractivity contribution in [3.63, 3.8) is 0 Å². The van der Waals surface area contributed by atoms with Crippen LogP contribution in [0.25, 0.3) is 0 Å². The summed E-state index contributed by atoms with van der Waals surface area (Å²) in [5.74, 6) is -0.859. The highest BCUT2D eigenvalue weighted by molar-refractivity contribution is 6.03. The second-order valence-corrected chi connectivity index (χ2v) is 6.26. The fraction of sp³-hybridized carbons (Fsp3) is 0.647. The SMILES string of the molecule is CCCOC(=O)C1=C(C(=O)OCCC)C2C=CC1C2(C)C. The summed E-state index contributed by atoms with van der Waals surface area (Å²) in [6.07, 6.45) is 5.57. The monoisotopic (exact) mass is 292 g/mol. The van der Waals surface area contributed by atoms with Gasteiger partial charge in [0.15, 0.2) is 0 Å². The van der Waals surface area contributed by atoms with Crippen molar-refractivity contribution < 1.29 is 19.1 Å². The Morgan fingerprint density at radius 1 is 0.952 bits per heavy atom. The Hall–Kier alpha value is -1.58. The van der Waals surface area contributed by atoms with E-state index in [9.17, 15) is 9.59 Å². The van der Waals surface area contributed by atoms with Gasteiger partial charge in [0.1, 0.15) is 0 Å². The molecule has 0 fully saturated rings. The Bertz CT molecular complexity index is 457. The molecule has 0 saturated heterocycles. The molecule has 21 heavy (non-hydrogen) atoms. The third-order valence-electron chi connectivity index (χ3n) is 4.33. The normalized spacial score (nSPS) is 25.3. The van der Waals surface area contributed by atoms with Crippen LogP contribution in [0.2, 0.25) is 0 Å². The Labute approximate surface area is 126 Å². The highest BCUT2D eigenvalue weighted by Gasteiger charge is 2.54. The maximum atomic E-state index is 12.3. The van der Waals surface area contributed by atoms with Crippen molar-refractivity contribution in [2.75, 3.05) is 13.2 Å². The van der Waals surface area contributed by atoms with E-state index in [-0.39, 0.29) is 29.2 Å². The van der Waals surface area contributed by atoms with Crippen molar-refractivity contribution in [2.45, 2.75) is 40.5 Å². The molecule has 2 bridgehead atoms. The molecular weight excluding hydrogens is 268 g/mol. The zero-order chi connectivity index (χ0) is 15.6. The van der Waals surface area contributed by atoms with Crippen molar-refractivity contribution in [3.05, 3.63) is 23.3 Å². The van der Waals surface area contributed by atoms with Gasteiger partial charge in [-0.05, 0) is 18.3 Å². The van der Waals surface area contributed by atoms with E-state index in [1.165, 1.54) is 0 Å². The van der Waals surface area contributed by atoms with Crippen molar-refractivity contribution in [3.8, 4) is 0 Å². The zero-order valence-corrected chi connectivity index (χ0v) is 13.3. The van der Waals surface area contributed by atoms with Crippen LogP contribution in [0.1, 0.15) is 40.5 Å². The van der Waals surface area contributed by atoms with Crippen LogP contribution < -0.4 is 0 Å². The Balaban J connectivity index is 2.31. The van der Waals surface area contributed by atoms with Gasteiger partial charge in [-0.3, -0.25) is 0 Å². The molecular formula is C17H24O4. The van der Waals surface area contributed by atoms with Crippen LogP contribution in [0.15, 0.2) is 23.3 Å². The summed E-state index contributed by atoms with van der Waals surface area (Å²) in [5, 5.41) is 0. The average Bonchev–Trinajstić information content (AvgIpc) is 2.88. The smallest absolute Gasteiger partial charge is 0.335 e. The second-order valence-electron chi connectivity index (χ2n) is 6.26. The van der Waals surface area contributed by atoms with Gasteiger partial charge in [-0.15, -0.1) is 0 Å². The summed E-state index contributed by atoms with van der Waals surface area (Å²) in [6.45, 7) is 8.80. The van der Waals surface area contributed by atoms with E-state index in [0.29, 0.717) is 24.4 Å². The maximum Gasteiger partial charge on any atom is 0.335 e. The largest absolute Gasteiger partial charge is 0.462 e. The summed E-state index contributed by atoms with van der Waals surface area (Å²) >= 11 is 0. The lowest BCUT2D eigenvalue weighted by Crippen LogP contribution is -2.23. The molecule has 2 aliphatic carbocycles. The second kappa shape index (κ2) is 6.04. The highest BCUT2D eigenvalue weighted by atomic mass is 16.5. The molecule has 0 radical (unpaired) electrons. The predicted molar refractivity (Wildman–Crippen MR) is 79.4 cm³/mol. The van der Waals surface area contributed by atoms with E-state index in [0.717, 1.165) is 12.8 Å². The minimum Gasteiger partial charge on any atom is -0.462 e. The van der Waals surface area contributed by atoms with Crippen LogP contribution in [0, 0.1) is 17.3 Å². The lowest BCUT2D eigenvalue weighted by Gasteiger charge is -2.25. The third kappa shape index (κ3) is 2.63. The first kappa shape index (κ1) is 15.8. The molecule has 0 amide bonds. The van der Waals surface area contributed by atoms with Gasteiger partial charge in [0.2, 0.25) is 0 Å². The predicted octanol–water partition coefficient (Wildman–Crippen LogP) is 3.03. The van der Waals surface area contributed by atoms with E-state index in [1.54, 1.807) is 0 Å². The quantitative estimate of drug-likeness (QED) is 0.558. The summed E-state index contributed by atoms with van der Waals surface area (Å²) in [5.41, 5.74) is 0.838. The van der Waals surface area contributed by atoms with E-state index in [1.807, 2.05) is 26.0 Å². The topological polar surface area (TPSA) is 52.6 Å². The number of ether oxygens (including phenoxy) is 2. The van der Waals surface area contributed by atoms with Crippen molar-refractivity contribution >= 4 is 11.9 Å². The van der Waals surface area contributed by atoms with Gasteiger partial charge < -0.3 is 9.47 Å². The standard InChI is InChI=1S/C17H24O4/c1-5-9-20-15(18)13-11-7-8-12(17(11,3)4)14(13)16(19)21-10-6-2/h7-8,11-12H,5-6,9-10H2,1-4H3. The molecule has 0 aromatic carbocycles. The van der Waals surface area contributed by atoms with Crippen molar-refractivity contribution in [2.24, 2.45) is 17.3 Å². The van der Waals surface area contributed by atoms with E-state index in [2.05, 4.69) is 13.8 Å². The number of hydrogen-bond donors (Lipinski definition) is 0. The molecule has 2 unspecified atom stereocenters. The molecule has 0 heterocycles.